The van der Waals surface area contributed by atoms with Crippen molar-refractivity contribution in [3.05, 3.63) is 120 Å². The van der Waals surface area contributed by atoms with Gasteiger partial charge in [0.05, 0.1) is 17.1 Å². The van der Waals surface area contributed by atoms with Gasteiger partial charge in [-0.25, -0.2) is 9.50 Å². The molecule has 5 heteroatoms. The maximum atomic E-state index is 5.04. The molecular weight excluding hydrogens is 433 g/mol. The molecule has 2 aromatic heterocycles. The number of nitrogens with zero attached hydrogens (tertiary/aromatic N) is 3. The van der Waals surface area contributed by atoms with E-state index in [1.165, 1.54) is 15.9 Å². The summed E-state index contributed by atoms with van der Waals surface area (Å²) < 4.78 is 1.99. The standard InChI is InChI=1S/C27H25N3P.ClH/c1-21-22(2)30-27(28-21)19-18-23(29-30)20-31(24-12-6-3-7-13-24,25-14-8-4-9-15-25)26-16-10-5-11-17-26;/h3-19H,20H2,1-2H3;1H/q+1;/p-1. The van der Waals surface area contributed by atoms with E-state index in [9.17, 15) is 0 Å². The number of rotatable bonds is 5. The predicted octanol–water partition coefficient (Wildman–Crippen LogP) is 1.84. The van der Waals surface area contributed by atoms with Crippen LogP contribution in [0.2, 0.25) is 0 Å². The molecule has 0 saturated heterocycles. The van der Waals surface area contributed by atoms with Gasteiger partial charge in [-0.05, 0) is 62.4 Å². The molecule has 160 valence electrons. The summed E-state index contributed by atoms with van der Waals surface area (Å²) in [4.78, 5) is 4.63. The first-order valence-corrected chi connectivity index (χ1v) is 12.5. The molecule has 5 aromatic rings. The summed E-state index contributed by atoms with van der Waals surface area (Å²) in [5.74, 6) is 0. The quantitative estimate of drug-likeness (QED) is 0.377. The minimum absolute atomic E-state index is 0. The lowest BCUT2D eigenvalue weighted by molar-refractivity contribution is -0.00000638. The Morgan fingerprint density at radius 1 is 0.656 bits per heavy atom. The van der Waals surface area contributed by atoms with Gasteiger partial charge in [0.1, 0.15) is 29.3 Å². The smallest absolute Gasteiger partial charge is 0.154 e. The number of halogens is 1. The highest BCUT2D eigenvalue weighted by molar-refractivity contribution is 7.95. The van der Waals surface area contributed by atoms with Crippen LogP contribution in [0.25, 0.3) is 5.65 Å². The van der Waals surface area contributed by atoms with Gasteiger partial charge in [-0.15, -0.1) is 0 Å². The molecule has 0 saturated carbocycles. The Hall–Kier alpha value is -3.00. The number of hydrogen-bond donors (Lipinski definition) is 0. The average Bonchev–Trinajstić information content (AvgIpc) is 3.12. The molecule has 0 aliphatic rings. The van der Waals surface area contributed by atoms with Crippen molar-refractivity contribution >= 4 is 28.8 Å². The van der Waals surface area contributed by atoms with Crippen LogP contribution in [0.1, 0.15) is 17.1 Å². The van der Waals surface area contributed by atoms with E-state index in [-0.39, 0.29) is 12.4 Å². The molecule has 0 amide bonds. The molecule has 2 heterocycles. The van der Waals surface area contributed by atoms with E-state index in [2.05, 4.69) is 115 Å². The summed E-state index contributed by atoms with van der Waals surface area (Å²) in [5.41, 5.74) is 4.11. The highest BCUT2D eigenvalue weighted by Gasteiger charge is 2.45. The highest BCUT2D eigenvalue weighted by Crippen LogP contribution is 2.57. The zero-order valence-electron chi connectivity index (χ0n) is 18.2. The van der Waals surface area contributed by atoms with Crippen molar-refractivity contribution in [3.8, 4) is 0 Å². The van der Waals surface area contributed by atoms with Crippen molar-refractivity contribution in [2.75, 3.05) is 0 Å². The first-order valence-electron chi connectivity index (χ1n) is 10.6. The van der Waals surface area contributed by atoms with Gasteiger partial charge in [-0.2, -0.15) is 5.10 Å². The second-order valence-corrected chi connectivity index (χ2v) is 11.3. The fraction of sp³-hybridized carbons (Fsp3) is 0.111. The SMILES string of the molecule is Cc1nc2ccc(C[P+](c3ccccc3)(c3ccccc3)c3ccccc3)nn2c1C.[Cl-]. The van der Waals surface area contributed by atoms with Gasteiger partial charge >= 0.3 is 0 Å². The van der Waals surface area contributed by atoms with E-state index in [4.69, 9.17) is 5.10 Å². The normalized spacial score (nSPS) is 11.3. The lowest BCUT2D eigenvalue weighted by Crippen LogP contribution is -3.00. The van der Waals surface area contributed by atoms with Crippen molar-refractivity contribution in [2.24, 2.45) is 0 Å². The van der Waals surface area contributed by atoms with E-state index >= 15 is 0 Å². The fourth-order valence-electron chi connectivity index (χ4n) is 4.29. The minimum atomic E-state index is -1.96. The molecular formula is C27H25ClN3P. The van der Waals surface area contributed by atoms with E-state index in [0.717, 1.165) is 28.9 Å². The van der Waals surface area contributed by atoms with Crippen LogP contribution >= 0.6 is 7.26 Å². The minimum Gasteiger partial charge on any atom is -1.00 e. The number of aromatic nitrogens is 3. The Kier molecular flexibility index (Phi) is 6.41. The van der Waals surface area contributed by atoms with Crippen molar-refractivity contribution in [3.63, 3.8) is 0 Å². The van der Waals surface area contributed by atoms with Crippen LogP contribution in [0.4, 0.5) is 0 Å². The van der Waals surface area contributed by atoms with Gasteiger partial charge in [-0.1, -0.05) is 54.6 Å². The molecule has 0 bridgehead atoms. The summed E-state index contributed by atoms with van der Waals surface area (Å²) in [6, 6.07) is 37.1. The van der Waals surface area contributed by atoms with Crippen molar-refractivity contribution in [1.29, 1.82) is 0 Å². The largest absolute Gasteiger partial charge is 1.00 e. The second kappa shape index (κ2) is 9.24. The maximum Gasteiger partial charge on any atom is 0.154 e. The van der Waals surface area contributed by atoms with Gasteiger partial charge in [0.25, 0.3) is 0 Å². The highest BCUT2D eigenvalue weighted by atomic mass is 35.5. The van der Waals surface area contributed by atoms with E-state index < -0.39 is 7.26 Å². The summed E-state index contributed by atoms with van der Waals surface area (Å²) in [7, 11) is -1.96. The summed E-state index contributed by atoms with van der Waals surface area (Å²) in [5, 5.41) is 9.14. The number of benzene rings is 3. The Balaban J connectivity index is 0.00000245. The first-order chi connectivity index (χ1) is 15.2. The maximum absolute atomic E-state index is 5.04. The Labute approximate surface area is 195 Å². The van der Waals surface area contributed by atoms with Crippen LogP contribution in [0, 0.1) is 13.8 Å². The van der Waals surface area contributed by atoms with Gasteiger partial charge < -0.3 is 12.4 Å². The van der Waals surface area contributed by atoms with Crippen LogP contribution in [0.3, 0.4) is 0 Å². The fourth-order valence-corrected chi connectivity index (χ4v) is 8.43. The molecule has 32 heavy (non-hydrogen) atoms. The first kappa shape index (κ1) is 22.2. The second-order valence-electron chi connectivity index (χ2n) is 7.85. The Morgan fingerprint density at radius 2 is 1.12 bits per heavy atom. The number of hydrogen-bond acceptors (Lipinski definition) is 2. The Morgan fingerprint density at radius 3 is 1.59 bits per heavy atom. The predicted molar refractivity (Wildman–Crippen MR) is 131 cm³/mol. The summed E-state index contributed by atoms with van der Waals surface area (Å²) in [6.07, 6.45) is 0.859. The lowest BCUT2D eigenvalue weighted by Gasteiger charge is -2.27. The van der Waals surface area contributed by atoms with E-state index in [1.807, 2.05) is 11.4 Å². The van der Waals surface area contributed by atoms with Crippen LogP contribution in [0.15, 0.2) is 103 Å². The van der Waals surface area contributed by atoms with E-state index in [0.29, 0.717) is 0 Å². The third kappa shape index (κ3) is 3.83. The van der Waals surface area contributed by atoms with Crippen LogP contribution in [-0.2, 0) is 6.16 Å². The third-order valence-corrected chi connectivity index (χ3v) is 10.3. The van der Waals surface area contributed by atoms with Crippen molar-refractivity contribution in [2.45, 2.75) is 20.0 Å². The zero-order valence-corrected chi connectivity index (χ0v) is 19.8. The van der Waals surface area contributed by atoms with Gasteiger partial charge in [0.15, 0.2) is 5.65 Å². The number of fused-ring (bicyclic) bond motifs is 1. The van der Waals surface area contributed by atoms with Crippen LogP contribution in [0.5, 0.6) is 0 Å². The third-order valence-electron chi connectivity index (χ3n) is 5.98. The van der Waals surface area contributed by atoms with Crippen molar-refractivity contribution < 1.29 is 12.4 Å². The number of aryl methyl sites for hydroxylation is 2. The monoisotopic (exact) mass is 457 g/mol. The molecule has 0 unspecified atom stereocenters. The summed E-state index contributed by atoms with van der Waals surface area (Å²) >= 11 is 0. The van der Waals surface area contributed by atoms with Gasteiger partial charge in [-0.3, -0.25) is 0 Å². The van der Waals surface area contributed by atoms with Crippen molar-refractivity contribution in [1.82, 2.24) is 14.6 Å². The average molecular weight is 458 g/mol. The molecule has 0 fully saturated rings. The molecule has 0 aliphatic heterocycles. The molecule has 0 aliphatic carbocycles. The molecule has 5 rings (SSSR count). The molecule has 0 N–H and O–H groups in total. The topological polar surface area (TPSA) is 30.2 Å². The molecule has 0 spiro atoms. The summed E-state index contributed by atoms with van der Waals surface area (Å²) in [6.45, 7) is 4.12. The van der Waals surface area contributed by atoms with Crippen LogP contribution in [-0.4, -0.2) is 14.6 Å². The molecule has 0 radical (unpaired) electrons. The van der Waals surface area contributed by atoms with Crippen LogP contribution < -0.4 is 28.3 Å². The molecule has 3 aromatic carbocycles. The van der Waals surface area contributed by atoms with Gasteiger partial charge in [0.2, 0.25) is 0 Å². The van der Waals surface area contributed by atoms with E-state index in [1.54, 1.807) is 0 Å². The molecule has 3 nitrogen and oxygen atoms in total. The zero-order chi connectivity index (χ0) is 21.3. The molecule has 0 atom stereocenters. The Bertz CT molecular complexity index is 1220. The van der Waals surface area contributed by atoms with Gasteiger partial charge in [0, 0.05) is 0 Å². The lowest BCUT2D eigenvalue weighted by atomic mass is 10.3. The number of imidazole rings is 1.